The highest BCUT2D eigenvalue weighted by Crippen LogP contribution is 2.28. The number of amides is 1. The van der Waals surface area contributed by atoms with Crippen LogP contribution in [0.3, 0.4) is 0 Å². The number of hydrogen-bond donors (Lipinski definition) is 1. The van der Waals surface area contributed by atoms with Gasteiger partial charge in [-0.3, -0.25) is 9.59 Å². The number of carbonyl (C=O) groups excluding carboxylic acids is 2. The first-order chi connectivity index (χ1) is 13.9. The number of aromatic nitrogens is 1. The number of benzene rings is 2. The predicted octanol–water partition coefficient (Wildman–Crippen LogP) is 4.70. The van der Waals surface area contributed by atoms with Crippen LogP contribution in [0.15, 0.2) is 53.9 Å². The number of carbonyl (C=O) groups is 2. The molecule has 0 saturated carbocycles. The van der Waals surface area contributed by atoms with Gasteiger partial charge in [-0.1, -0.05) is 18.2 Å². The van der Waals surface area contributed by atoms with Gasteiger partial charge in [0, 0.05) is 29.6 Å². The van der Waals surface area contributed by atoms with Crippen molar-refractivity contribution in [1.29, 1.82) is 0 Å². The number of aryl methyl sites for hydroxylation is 1. The molecule has 6 nitrogen and oxygen atoms in total. The lowest BCUT2D eigenvalue weighted by molar-refractivity contribution is -0.132. The van der Waals surface area contributed by atoms with E-state index < -0.39 is 5.97 Å². The average molecular weight is 408 g/mol. The first kappa shape index (κ1) is 20.3. The molecule has 1 aromatic heterocycles. The zero-order valence-corrected chi connectivity index (χ0v) is 17.1. The van der Waals surface area contributed by atoms with Gasteiger partial charge >= 0.3 is 5.97 Å². The van der Waals surface area contributed by atoms with Gasteiger partial charge in [0.1, 0.15) is 0 Å². The number of rotatable bonds is 6. The van der Waals surface area contributed by atoms with Crippen LogP contribution in [0.4, 0.5) is 5.69 Å². The fourth-order valence-corrected chi connectivity index (χ4v) is 3.23. The third-order valence-corrected chi connectivity index (χ3v) is 4.71. The molecular formula is C22H20N2O4S. The van der Waals surface area contributed by atoms with Gasteiger partial charge in [-0.05, 0) is 42.8 Å². The number of nitrogens with zero attached hydrogens (tertiary/aromatic N) is 1. The molecule has 0 unspecified atom stereocenters. The molecule has 0 spiro atoms. The Kier molecular flexibility index (Phi) is 6.41. The summed E-state index contributed by atoms with van der Waals surface area (Å²) >= 11 is 1.60. The molecule has 7 heteroatoms. The van der Waals surface area contributed by atoms with E-state index in [-0.39, 0.29) is 5.91 Å². The van der Waals surface area contributed by atoms with E-state index in [9.17, 15) is 9.59 Å². The van der Waals surface area contributed by atoms with Gasteiger partial charge in [0.2, 0.25) is 5.91 Å². The maximum atomic E-state index is 12.2. The lowest BCUT2D eigenvalue weighted by Crippen LogP contribution is -2.07. The molecule has 3 aromatic rings. The summed E-state index contributed by atoms with van der Waals surface area (Å²) in [5.41, 5.74) is 3.36. The number of thiazole rings is 1. The van der Waals surface area contributed by atoms with Crippen LogP contribution in [0.5, 0.6) is 11.5 Å². The Morgan fingerprint density at radius 2 is 1.86 bits per heavy atom. The monoisotopic (exact) mass is 408 g/mol. The first-order valence-corrected chi connectivity index (χ1v) is 9.70. The smallest absolute Gasteiger partial charge is 0.308 e. The summed E-state index contributed by atoms with van der Waals surface area (Å²) in [6.07, 6.45) is 3.08. The second kappa shape index (κ2) is 9.16. The topological polar surface area (TPSA) is 77.5 Å². The molecule has 0 aliphatic carbocycles. The molecule has 2 aromatic carbocycles. The molecular weight excluding hydrogens is 388 g/mol. The van der Waals surface area contributed by atoms with Crippen LogP contribution >= 0.6 is 11.3 Å². The van der Waals surface area contributed by atoms with Gasteiger partial charge < -0.3 is 14.8 Å². The highest BCUT2D eigenvalue weighted by atomic mass is 32.1. The van der Waals surface area contributed by atoms with Crippen molar-refractivity contribution in [2.24, 2.45) is 0 Å². The Morgan fingerprint density at radius 3 is 2.48 bits per heavy atom. The van der Waals surface area contributed by atoms with Crippen LogP contribution in [0, 0.1) is 6.92 Å². The quantitative estimate of drug-likeness (QED) is 0.363. The van der Waals surface area contributed by atoms with Crippen LogP contribution in [-0.4, -0.2) is 24.0 Å². The lowest BCUT2D eigenvalue weighted by Gasteiger charge is -2.08. The van der Waals surface area contributed by atoms with Crippen molar-refractivity contribution in [1.82, 2.24) is 4.98 Å². The van der Waals surface area contributed by atoms with Gasteiger partial charge in [0.15, 0.2) is 11.5 Å². The number of ether oxygens (including phenoxy) is 2. The first-order valence-electron chi connectivity index (χ1n) is 8.82. The van der Waals surface area contributed by atoms with Crippen molar-refractivity contribution in [3.63, 3.8) is 0 Å². The second-order valence-corrected chi connectivity index (χ2v) is 7.22. The van der Waals surface area contributed by atoms with Crippen LogP contribution in [0.25, 0.3) is 17.3 Å². The standard InChI is InChI=1S/C22H20N2O4S/c1-14-23-19(13-29-14)17-6-8-18(9-7-17)24-22(26)11-5-16-4-10-20(28-15(2)25)21(12-16)27-3/h4-13H,1-3H3,(H,24,26)/b11-5+. The number of nitrogens with one attached hydrogen (secondary N) is 1. The van der Waals surface area contributed by atoms with Crippen molar-refractivity contribution in [2.75, 3.05) is 12.4 Å². The zero-order valence-electron chi connectivity index (χ0n) is 16.3. The van der Waals surface area contributed by atoms with Gasteiger partial charge in [0.25, 0.3) is 0 Å². The van der Waals surface area contributed by atoms with E-state index in [1.54, 1.807) is 35.6 Å². The van der Waals surface area contributed by atoms with E-state index in [0.29, 0.717) is 17.2 Å². The molecule has 29 heavy (non-hydrogen) atoms. The highest BCUT2D eigenvalue weighted by Gasteiger charge is 2.07. The van der Waals surface area contributed by atoms with Gasteiger partial charge in [-0.25, -0.2) is 4.98 Å². The molecule has 0 aliphatic rings. The Labute approximate surface area is 172 Å². The average Bonchev–Trinajstić information content (AvgIpc) is 3.13. The molecule has 148 valence electrons. The van der Waals surface area contributed by atoms with Crippen LogP contribution in [-0.2, 0) is 9.59 Å². The van der Waals surface area contributed by atoms with Crippen molar-refractivity contribution in [2.45, 2.75) is 13.8 Å². The lowest BCUT2D eigenvalue weighted by atomic mass is 10.1. The van der Waals surface area contributed by atoms with E-state index >= 15 is 0 Å². The Balaban J connectivity index is 1.64. The molecule has 1 N–H and O–H groups in total. The van der Waals surface area contributed by atoms with Gasteiger partial charge in [0.05, 0.1) is 17.8 Å². The Morgan fingerprint density at radius 1 is 1.10 bits per heavy atom. The fourth-order valence-electron chi connectivity index (χ4n) is 2.60. The Hall–Kier alpha value is -3.45. The van der Waals surface area contributed by atoms with E-state index in [4.69, 9.17) is 9.47 Å². The fraction of sp³-hybridized carbons (Fsp3) is 0.136. The molecule has 0 fully saturated rings. The van der Waals surface area contributed by atoms with E-state index in [1.165, 1.54) is 20.1 Å². The maximum Gasteiger partial charge on any atom is 0.308 e. The molecule has 0 atom stereocenters. The predicted molar refractivity (Wildman–Crippen MR) is 114 cm³/mol. The molecule has 0 saturated heterocycles. The molecule has 3 rings (SSSR count). The zero-order chi connectivity index (χ0) is 20.8. The van der Waals surface area contributed by atoms with Crippen LogP contribution in [0.2, 0.25) is 0 Å². The molecule has 0 radical (unpaired) electrons. The minimum atomic E-state index is -0.429. The van der Waals surface area contributed by atoms with Gasteiger partial charge in [-0.15, -0.1) is 11.3 Å². The van der Waals surface area contributed by atoms with Crippen molar-refractivity contribution >= 4 is 35.0 Å². The normalized spacial score (nSPS) is 10.7. The number of hydrogen-bond acceptors (Lipinski definition) is 6. The summed E-state index contributed by atoms with van der Waals surface area (Å²) in [6, 6.07) is 12.6. The highest BCUT2D eigenvalue weighted by molar-refractivity contribution is 7.09. The summed E-state index contributed by atoms with van der Waals surface area (Å²) in [5.74, 6) is 0.0554. The van der Waals surface area contributed by atoms with Gasteiger partial charge in [-0.2, -0.15) is 0 Å². The van der Waals surface area contributed by atoms with Crippen molar-refractivity contribution in [3.05, 3.63) is 64.5 Å². The maximum absolute atomic E-state index is 12.2. The van der Waals surface area contributed by atoms with Crippen LogP contribution in [0.1, 0.15) is 17.5 Å². The Bertz CT molecular complexity index is 1050. The van der Waals surface area contributed by atoms with Crippen LogP contribution < -0.4 is 14.8 Å². The number of anilines is 1. The van der Waals surface area contributed by atoms with E-state index in [1.807, 2.05) is 36.6 Å². The second-order valence-electron chi connectivity index (χ2n) is 6.16. The molecule has 1 amide bonds. The minimum Gasteiger partial charge on any atom is -0.493 e. The number of esters is 1. The molecule has 0 aliphatic heterocycles. The summed E-state index contributed by atoms with van der Waals surface area (Å²) in [5, 5.41) is 5.84. The largest absolute Gasteiger partial charge is 0.493 e. The van der Waals surface area contributed by atoms with Crippen molar-refractivity contribution in [3.8, 4) is 22.8 Å². The van der Waals surface area contributed by atoms with E-state index in [0.717, 1.165) is 21.8 Å². The summed E-state index contributed by atoms with van der Waals surface area (Å²) in [4.78, 5) is 27.8. The third kappa shape index (κ3) is 5.52. The minimum absolute atomic E-state index is 0.259. The molecule has 0 bridgehead atoms. The summed E-state index contributed by atoms with van der Waals surface area (Å²) in [7, 11) is 1.49. The summed E-state index contributed by atoms with van der Waals surface area (Å²) in [6.45, 7) is 3.29. The summed E-state index contributed by atoms with van der Waals surface area (Å²) < 4.78 is 10.3. The SMILES string of the molecule is COc1cc(/C=C/C(=O)Nc2ccc(-c3csc(C)n3)cc2)ccc1OC(C)=O. The third-order valence-electron chi connectivity index (χ3n) is 3.94. The van der Waals surface area contributed by atoms with Crippen molar-refractivity contribution < 1.29 is 19.1 Å². The number of methoxy groups -OCH3 is 1. The molecule has 1 heterocycles. The van der Waals surface area contributed by atoms with E-state index in [2.05, 4.69) is 10.3 Å².